The molecule has 3 rings (SSSR count). The summed E-state index contributed by atoms with van der Waals surface area (Å²) in [4.78, 5) is 27.4. The summed E-state index contributed by atoms with van der Waals surface area (Å²) in [6.07, 6.45) is 0. The predicted molar refractivity (Wildman–Crippen MR) is 101 cm³/mol. The zero-order valence-electron chi connectivity index (χ0n) is 14.5. The normalized spacial score (nSPS) is 10.9. The van der Waals surface area contributed by atoms with E-state index in [0.29, 0.717) is 17.8 Å². The highest BCUT2D eigenvalue weighted by molar-refractivity contribution is 7.13. The van der Waals surface area contributed by atoms with Gasteiger partial charge in [0.15, 0.2) is 0 Å². The minimum atomic E-state index is -0.681. The van der Waals surface area contributed by atoms with Crippen LogP contribution in [-0.4, -0.2) is 23.5 Å². The predicted octanol–water partition coefficient (Wildman–Crippen LogP) is 3.80. The molecule has 0 aliphatic heterocycles. The number of amides is 2. The van der Waals surface area contributed by atoms with Crippen LogP contribution in [0.2, 0.25) is 0 Å². The molecule has 3 aromatic rings. The van der Waals surface area contributed by atoms with Gasteiger partial charge < -0.3 is 10.3 Å². The molecule has 1 aromatic carbocycles. The van der Waals surface area contributed by atoms with Crippen molar-refractivity contribution in [1.29, 1.82) is 0 Å². The number of anilines is 1. The molecule has 0 spiro atoms. The summed E-state index contributed by atoms with van der Waals surface area (Å²) in [5, 5.41) is 5.90. The highest BCUT2D eigenvalue weighted by Crippen LogP contribution is 2.34. The van der Waals surface area contributed by atoms with Crippen LogP contribution < -0.4 is 10.6 Å². The van der Waals surface area contributed by atoms with Crippen LogP contribution in [0.5, 0.6) is 0 Å². The molecule has 26 heavy (non-hydrogen) atoms. The van der Waals surface area contributed by atoms with Crippen molar-refractivity contribution < 1.29 is 14.1 Å². The van der Waals surface area contributed by atoms with Crippen molar-refractivity contribution in [1.82, 2.24) is 5.16 Å². The van der Waals surface area contributed by atoms with E-state index in [0.717, 1.165) is 4.88 Å². The van der Waals surface area contributed by atoms with Gasteiger partial charge >= 0.3 is 0 Å². The van der Waals surface area contributed by atoms with Gasteiger partial charge in [0.05, 0.1) is 4.88 Å². The van der Waals surface area contributed by atoms with E-state index in [1.54, 1.807) is 24.3 Å². The highest BCUT2D eigenvalue weighted by atomic mass is 32.1. The molecular formula is C19H19N3O3S. The molecule has 0 aliphatic rings. The summed E-state index contributed by atoms with van der Waals surface area (Å²) < 4.78 is 5.45. The first-order valence-electron chi connectivity index (χ1n) is 8.19. The van der Waals surface area contributed by atoms with Crippen LogP contribution in [0.4, 0.5) is 5.88 Å². The standard InChI is InChI=1S/C19H19N3O3S/c1-12(2)11-22(18(24)13-7-4-3-5-8-13)19-15(17(20)23)16(21-25-19)14-9-6-10-26-14/h3-10,12H,11H2,1-2H3,(H2,20,23). The van der Waals surface area contributed by atoms with Crippen LogP contribution in [0.1, 0.15) is 34.6 Å². The molecule has 6 nitrogen and oxygen atoms in total. The molecule has 2 heterocycles. The fourth-order valence-electron chi connectivity index (χ4n) is 2.63. The second kappa shape index (κ2) is 7.53. The minimum Gasteiger partial charge on any atom is -0.365 e. The first kappa shape index (κ1) is 17.9. The Balaban J connectivity index is 2.10. The van der Waals surface area contributed by atoms with Gasteiger partial charge in [-0.3, -0.25) is 14.5 Å². The molecule has 2 N–H and O–H groups in total. The Labute approximate surface area is 155 Å². The molecule has 134 valence electrons. The zero-order valence-corrected chi connectivity index (χ0v) is 15.3. The number of rotatable bonds is 6. The van der Waals surface area contributed by atoms with Crippen molar-refractivity contribution in [2.75, 3.05) is 11.4 Å². The Morgan fingerprint density at radius 2 is 1.92 bits per heavy atom. The van der Waals surface area contributed by atoms with E-state index in [4.69, 9.17) is 10.3 Å². The minimum absolute atomic E-state index is 0.0865. The second-order valence-corrected chi connectivity index (χ2v) is 7.18. The summed E-state index contributed by atoms with van der Waals surface area (Å²) in [5.41, 5.74) is 6.58. The van der Waals surface area contributed by atoms with Crippen molar-refractivity contribution in [3.05, 3.63) is 59.0 Å². The van der Waals surface area contributed by atoms with Gasteiger partial charge in [-0.15, -0.1) is 11.3 Å². The molecule has 2 aromatic heterocycles. The van der Waals surface area contributed by atoms with E-state index in [-0.39, 0.29) is 23.3 Å². The fraction of sp³-hybridized carbons (Fsp3) is 0.211. The number of hydrogen-bond acceptors (Lipinski definition) is 5. The van der Waals surface area contributed by atoms with Crippen LogP contribution >= 0.6 is 11.3 Å². The van der Waals surface area contributed by atoms with Crippen molar-refractivity contribution in [3.8, 4) is 10.6 Å². The van der Waals surface area contributed by atoms with Crippen molar-refractivity contribution >= 4 is 29.0 Å². The molecule has 0 atom stereocenters. The maximum absolute atomic E-state index is 13.0. The van der Waals surface area contributed by atoms with Crippen LogP contribution in [0.3, 0.4) is 0 Å². The summed E-state index contributed by atoms with van der Waals surface area (Å²) in [5.74, 6) is -0.711. The fourth-order valence-corrected chi connectivity index (χ4v) is 3.34. The van der Waals surface area contributed by atoms with Crippen molar-refractivity contribution in [2.24, 2.45) is 11.7 Å². The Bertz CT molecular complexity index is 902. The number of carbonyl (C=O) groups excluding carboxylic acids is 2. The number of thiophene rings is 1. The van der Waals surface area contributed by atoms with Gasteiger partial charge in [-0.05, 0) is 29.5 Å². The third-order valence-corrected chi connectivity index (χ3v) is 4.61. The average Bonchev–Trinajstić information content (AvgIpc) is 3.28. The van der Waals surface area contributed by atoms with Gasteiger partial charge in [-0.2, -0.15) is 0 Å². The maximum atomic E-state index is 13.0. The topological polar surface area (TPSA) is 89.4 Å². The molecule has 2 amide bonds. The van der Waals surface area contributed by atoms with Crippen LogP contribution in [0.15, 0.2) is 52.4 Å². The lowest BCUT2D eigenvalue weighted by atomic mass is 10.1. The SMILES string of the molecule is CC(C)CN(C(=O)c1ccccc1)c1onc(-c2cccs2)c1C(N)=O. The molecule has 0 saturated heterocycles. The Morgan fingerprint density at radius 1 is 1.19 bits per heavy atom. The zero-order chi connectivity index (χ0) is 18.7. The molecule has 0 aliphatic carbocycles. The lowest BCUT2D eigenvalue weighted by Crippen LogP contribution is -2.35. The van der Waals surface area contributed by atoms with E-state index < -0.39 is 5.91 Å². The number of carbonyl (C=O) groups is 2. The third kappa shape index (κ3) is 3.52. The Kier molecular flexibility index (Phi) is 5.18. The molecule has 0 saturated carbocycles. The van der Waals surface area contributed by atoms with Gasteiger partial charge in [0.25, 0.3) is 11.8 Å². The van der Waals surface area contributed by atoms with Gasteiger partial charge in [-0.1, -0.05) is 43.3 Å². The lowest BCUT2D eigenvalue weighted by molar-refractivity contribution is 0.0977. The average molecular weight is 369 g/mol. The number of aromatic nitrogens is 1. The summed E-state index contributed by atoms with van der Waals surface area (Å²) in [6.45, 7) is 4.32. The van der Waals surface area contributed by atoms with E-state index in [2.05, 4.69) is 5.16 Å². The van der Waals surface area contributed by atoms with E-state index in [9.17, 15) is 9.59 Å². The summed E-state index contributed by atoms with van der Waals surface area (Å²) >= 11 is 1.42. The Hall–Kier alpha value is -2.93. The molecule has 0 radical (unpaired) electrons. The second-order valence-electron chi connectivity index (χ2n) is 6.23. The smallest absolute Gasteiger partial charge is 0.260 e. The van der Waals surface area contributed by atoms with Crippen LogP contribution in [0.25, 0.3) is 10.6 Å². The molecule has 0 unspecified atom stereocenters. The first-order valence-corrected chi connectivity index (χ1v) is 9.07. The summed E-state index contributed by atoms with van der Waals surface area (Å²) in [6, 6.07) is 12.5. The Morgan fingerprint density at radius 3 is 2.50 bits per heavy atom. The first-order chi connectivity index (χ1) is 12.5. The van der Waals surface area contributed by atoms with Crippen LogP contribution in [-0.2, 0) is 0 Å². The summed E-state index contributed by atoms with van der Waals surface area (Å²) in [7, 11) is 0. The highest BCUT2D eigenvalue weighted by Gasteiger charge is 2.31. The van der Waals surface area contributed by atoms with E-state index in [1.165, 1.54) is 16.2 Å². The van der Waals surface area contributed by atoms with Crippen molar-refractivity contribution in [3.63, 3.8) is 0 Å². The van der Waals surface area contributed by atoms with Gasteiger partial charge in [-0.25, -0.2) is 0 Å². The van der Waals surface area contributed by atoms with Gasteiger partial charge in [0.2, 0.25) is 5.88 Å². The third-order valence-electron chi connectivity index (χ3n) is 3.73. The number of hydrogen-bond donors (Lipinski definition) is 1. The maximum Gasteiger partial charge on any atom is 0.260 e. The van der Waals surface area contributed by atoms with Crippen LogP contribution in [0, 0.1) is 5.92 Å². The van der Waals surface area contributed by atoms with E-state index in [1.807, 2.05) is 37.4 Å². The quantitative estimate of drug-likeness (QED) is 0.715. The molecular weight excluding hydrogens is 350 g/mol. The van der Waals surface area contributed by atoms with E-state index >= 15 is 0 Å². The number of benzene rings is 1. The van der Waals surface area contributed by atoms with Crippen molar-refractivity contribution in [2.45, 2.75) is 13.8 Å². The number of nitrogens with two attached hydrogens (primary N) is 1. The lowest BCUT2D eigenvalue weighted by Gasteiger charge is -2.22. The monoisotopic (exact) mass is 369 g/mol. The largest absolute Gasteiger partial charge is 0.365 e. The molecule has 0 bridgehead atoms. The van der Waals surface area contributed by atoms with Gasteiger partial charge in [0, 0.05) is 12.1 Å². The number of nitrogens with zero attached hydrogens (tertiary/aromatic N) is 2. The molecule has 0 fully saturated rings. The number of primary amides is 1. The molecule has 7 heteroatoms. The van der Waals surface area contributed by atoms with Gasteiger partial charge in [0.1, 0.15) is 11.3 Å².